The highest BCUT2D eigenvalue weighted by atomic mass is 35.5. The number of hydrogen-bond acceptors (Lipinski definition) is 7. The summed E-state index contributed by atoms with van der Waals surface area (Å²) in [7, 11) is 1.37. The summed E-state index contributed by atoms with van der Waals surface area (Å²) < 4.78 is 19.4. The first-order chi connectivity index (χ1) is 21.9. The van der Waals surface area contributed by atoms with E-state index in [9.17, 15) is 33.5 Å². The van der Waals surface area contributed by atoms with Gasteiger partial charge in [-0.3, -0.25) is 28.9 Å². The Morgan fingerprint density at radius 3 is 2.39 bits per heavy atom. The number of carboxylic acid groups (broad SMARTS) is 1. The van der Waals surface area contributed by atoms with Gasteiger partial charge in [0.05, 0.1) is 24.6 Å². The van der Waals surface area contributed by atoms with Crippen LogP contribution in [0.25, 0.3) is 0 Å². The first kappa shape index (κ1) is 32.0. The number of carbonyl (C=O) groups excluding carboxylic acids is 4. The Balaban J connectivity index is 1.45. The fourth-order valence-corrected chi connectivity index (χ4v) is 8.64. The third kappa shape index (κ3) is 4.61. The number of carbonyl (C=O) groups is 5. The van der Waals surface area contributed by atoms with E-state index in [-0.39, 0.29) is 54.5 Å². The lowest BCUT2D eigenvalue weighted by Crippen LogP contribution is -2.60. The molecule has 6 unspecified atom stereocenters. The summed E-state index contributed by atoms with van der Waals surface area (Å²) in [6.07, 6.45) is 2.97. The zero-order chi connectivity index (χ0) is 33.1. The number of nitrogens with zero attached hydrogens (tertiary/aromatic N) is 2. The Bertz CT molecular complexity index is 1680. The van der Waals surface area contributed by atoms with Crippen molar-refractivity contribution in [2.75, 3.05) is 18.6 Å². The van der Waals surface area contributed by atoms with E-state index in [4.69, 9.17) is 33.0 Å². The van der Waals surface area contributed by atoms with Gasteiger partial charge in [-0.2, -0.15) is 0 Å². The van der Waals surface area contributed by atoms with Crippen molar-refractivity contribution >= 4 is 58.5 Å². The van der Waals surface area contributed by atoms with Crippen LogP contribution in [0.15, 0.2) is 54.1 Å². The Hall–Kier alpha value is -3.96. The molecule has 1 saturated carbocycles. The Kier molecular flexibility index (Phi) is 8.13. The van der Waals surface area contributed by atoms with Gasteiger partial charge in [-0.05, 0) is 68.0 Å². The van der Waals surface area contributed by atoms with E-state index < -0.39 is 62.9 Å². The van der Waals surface area contributed by atoms with Crippen molar-refractivity contribution in [3.63, 3.8) is 0 Å². The molecule has 13 heteroatoms. The standard InChI is InChI=1S/C33H31Cl2FN2O8/c1-46-23-7-5-6-22(39)26(23)27-19-13-14-20-25(29(43)37(28(20)42)15-4-2-3-8-24(40)41)21(19)16-32(34)30(44)38(31(45)33(27,32)35)18-11-9-17(36)10-12-18/h5-7,9-13,20-21,25,27,39H,2-4,8,14-16H2,1H3,(H,40,41). The van der Waals surface area contributed by atoms with E-state index >= 15 is 0 Å². The summed E-state index contributed by atoms with van der Waals surface area (Å²) in [5.41, 5.74) is 0.636. The number of aromatic hydroxyl groups is 1. The molecule has 4 amide bonds. The number of anilines is 1. The van der Waals surface area contributed by atoms with Crippen molar-refractivity contribution in [2.24, 2.45) is 17.8 Å². The minimum absolute atomic E-state index is 0.0145. The molecule has 6 rings (SSSR count). The SMILES string of the molecule is COc1cccc(O)c1C1C2=CCC3C(=O)N(CCCCCC(=O)O)C(=O)C3C2CC2(Cl)C(=O)N(c3ccc(F)cc3)C(=O)C12Cl. The van der Waals surface area contributed by atoms with Crippen LogP contribution in [0.4, 0.5) is 10.1 Å². The second kappa shape index (κ2) is 11.7. The maximum Gasteiger partial charge on any atom is 0.303 e. The molecular weight excluding hydrogens is 642 g/mol. The van der Waals surface area contributed by atoms with Gasteiger partial charge in [0.25, 0.3) is 11.8 Å². The Morgan fingerprint density at radius 2 is 1.72 bits per heavy atom. The van der Waals surface area contributed by atoms with Gasteiger partial charge in [0, 0.05) is 24.4 Å². The number of carboxylic acids is 1. The first-order valence-corrected chi connectivity index (χ1v) is 15.8. The molecule has 10 nitrogen and oxygen atoms in total. The highest BCUT2D eigenvalue weighted by Gasteiger charge is 2.77. The number of benzene rings is 2. The third-order valence-electron chi connectivity index (χ3n) is 9.81. The normalized spacial score (nSPS) is 30.2. The number of fused-ring (bicyclic) bond motifs is 4. The molecule has 0 bridgehead atoms. The molecule has 6 atom stereocenters. The maximum absolute atomic E-state index is 14.4. The predicted molar refractivity (Wildman–Crippen MR) is 164 cm³/mol. The molecule has 46 heavy (non-hydrogen) atoms. The number of imide groups is 2. The lowest BCUT2D eigenvalue weighted by Gasteiger charge is -2.50. The largest absolute Gasteiger partial charge is 0.508 e. The van der Waals surface area contributed by atoms with Gasteiger partial charge >= 0.3 is 5.97 Å². The van der Waals surface area contributed by atoms with E-state index in [2.05, 4.69) is 0 Å². The summed E-state index contributed by atoms with van der Waals surface area (Å²) >= 11 is 14.7. The van der Waals surface area contributed by atoms with Crippen molar-refractivity contribution in [2.45, 2.75) is 54.2 Å². The van der Waals surface area contributed by atoms with Crippen LogP contribution in [-0.2, 0) is 24.0 Å². The van der Waals surface area contributed by atoms with Gasteiger partial charge in [0.2, 0.25) is 11.8 Å². The van der Waals surface area contributed by atoms with Crippen LogP contribution < -0.4 is 9.64 Å². The summed E-state index contributed by atoms with van der Waals surface area (Å²) in [4.78, 5) is 64.8. The molecule has 2 heterocycles. The van der Waals surface area contributed by atoms with Gasteiger partial charge in [-0.15, -0.1) is 23.2 Å². The van der Waals surface area contributed by atoms with Gasteiger partial charge in [0.1, 0.15) is 17.3 Å². The highest BCUT2D eigenvalue weighted by molar-refractivity contribution is 6.58. The Labute approximate surface area is 273 Å². The molecule has 0 radical (unpaired) electrons. The van der Waals surface area contributed by atoms with Crippen molar-refractivity contribution < 1.29 is 43.3 Å². The van der Waals surface area contributed by atoms with Crippen LogP contribution in [0.1, 0.15) is 50.0 Å². The van der Waals surface area contributed by atoms with Crippen molar-refractivity contribution in [1.29, 1.82) is 0 Å². The number of likely N-dealkylation sites (tertiary alicyclic amines) is 1. The molecule has 4 aliphatic rings. The van der Waals surface area contributed by atoms with Crippen molar-refractivity contribution in [1.82, 2.24) is 4.90 Å². The minimum Gasteiger partial charge on any atom is -0.508 e. The van der Waals surface area contributed by atoms with Crippen LogP contribution in [-0.4, -0.2) is 68.1 Å². The van der Waals surface area contributed by atoms with Gasteiger partial charge in [-0.25, -0.2) is 9.29 Å². The van der Waals surface area contributed by atoms with Crippen LogP contribution in [0, 0.1) is 23.6 Å². The number of allylic oxidation sites excluding steroid dienone is 2. The quantitative estimate of drug-likeness (QED) is 0.168. The number of hydrogen-bond donors (Lipinski definition) is 2. The van der Waals surface area contributed by atoms with Crippen LogP contribution in [0.2, 0.25) is 0 Å². The monoisotopic (exact) mass is 672 g/mol. The number of aliphatic carboxylic acids is 1. The second-order valence-corrected chi connectivity index (χ2v) is 13.4. The molecule has 242 valence electrons. The number of phenolic OH excluding ortho intramolecular Hbond substituents is 1. The number of ether oxygens (including phenoxy) is 1. The van der Waals surface area contributed by atoms with Crippen LogP contribution in [0.3, 0.4) is 0 Å². The van der Waals surface area contributed by atoms with Crippen LogP contribution in [0.5, 0.6) is 11.5 Å². The van der Waals surface area contributed by atoms with Crippen molar-refractivity contribution in [3.8, 4) is 11.5 Å². The zero-order valence-corrected chi connectivity index (χ0v) is 26.3. The smallest absolute Gasteiger partial charge is 0.303 e. The maximum atomic E-state index is 14.4. The van der Waals surface area contributed by atoms with E-state index in [1.54, 1.807) is 12.1 Å². The molecule has 2 aromatic rings. The van der Waals surface area contributed by atoms with E-state index in [0.717, 1.165) is 17.0 Å². The number of halogens is 3. The predicted octanol–water partition coefficient (Wildman–Crippen LogP) is 4.75. The summed E-state index contributed by atoms with van der Waals surface area (Å²) in [5, 5.41) is 20.1. The summed E-state index contributed by atoms with van der Waals surface area (Å²) in [6, 6.07) is 9.20. The first-order valence-electron chi connectivity index (χ1n) is 15.0. The topological polar surface area (TPSA) is 142 Å². The number of rotatable bonds is 9. The van der Waals surface area contributed by atoms with Gasteiger partial charge in [-0.1, -0.05) is 24.1 Å². The molecule has 2 saturated heterocycles. The number of methoxy groups -OCH3 is 1. The van der Waals surface area contributed by atoms with Crippen LogP contribution >= 0.6 is 23.2 Å². The molecular formula is C33H31Cl2FN2O8. The average Bonchev–Trinajstić information content (AvgIpc) is 3.35. The summed E-state index contributed by atoms with van der Waals surface area (Å²) in [6.45, 7) is 0.115. The molecule has 0 spiro atoms. The fourth-order valence-electron chi connectivity index (χ4n) is 7.73. The second-order valence-electron chi connectivity index (χ2n) is 12.2. The average molecular weight is 674 g/mol. The van der Waals surface area contributed by atoms with Gasteiger partial charge < -0.3 is 14.9 Å². The summed E-state index contributed by atoms with van der Waals surface area (Å²) in [5.74, 6) is -7.88. The van der Waals surface area contributed by atoms with E-state index in [0.29, 0.717) is 24.8 Å². The van der Waals surface area contributed by atoms with E-state index in [1.807, 2.05) is 0 Å². The lowest BCUT2D eigenvalue weighted by molar-refractivity contribution is -0.141. The molecule has 2 aromatic carbocycles. The van der Waals surface area contributed by atoms with Gasteiger partial charge in [0.15, 0.2) is 9.75 Å². The molecule has 2 aliphatic heterocycles. The number of unbranched alkanes of at least 4 members (excludes halogenated alkanes) is 2. The third-order valence-corrected chi connectivity index (χ3v) is 11.2. The van der Waals surface area contributed by atoms with Crippen molar-refractivity contribution in [3.05, 3.63) is 65.5 Å². The zero-order valence-electron chi connectivity index (χ0n) is 24.8. The number of alkyl halides is 2. The molecule has 2 aliphatic carbocycles. The minimum atomic E-state index is -2.21. The number of phenols is 1. The van der Waals surface area contributed by atoms with E-state index in [1.165, 1.54) is 36.3 Å². The molecule has 2 N–H and O–H groups in total. The molecule has 0 aromatic heterocycles. The number of amides is 4. The molecule has 3 fully saturated rings. The highest BCUT2D eigenvalue weighted by Crippen LogP contribution is 2.67. The fraction of sp³-hybridized carbons (Fsp3) is 0.424. The lowest BCUT2D eigenvalue weighted by atomic mass is 9.56. The Morgan fingerprint density at radius 1 is 1.00 bits per heavy atom.